The summed E-state index contributed by atoms with van der Waals surface area (Å²) >= 11 is 0. The lowest BCUT2D eigenvalue weighted by Gasteiger charge is -2.23. The van der Waals surface area contributed by atoms with Gasteiger partial charge in [-0.05, 0) is 13.0 Å². The summed E-state index contributed by atoms with van der Waals surface area (Å²) in [7, 11) is 7.02. The fourth-order valence-corrected chi connectivity index (χ4v) is 1.99. The molecule has 0 radical (unpaired) electrons. The summed E-state index contributed by atoms with van der Waals surface area (Å²) in [5, 5.41) is 3.24. The molecule has 1 aromatic carbocycles. The number of nitrogens with zero attached hydrogens (tertiary/aromatic N) is 3. The summed E-state index contributed by atoms with van der Waals surface area (Å²) < 4.78 is 5.39. The van der Waals surface area contributed by atoms with Crippen LogP contribution in [-0.4, -0.2) is 63.0 Å². The monoisotopic (exact) mass is 460 g/mol. The van der Waals surface area contributed by atoms with E-state index in [-0.39, 0.29) is 36.4 Å². The summed E-state index contributed by atoms with van der Waals surface area (Å²) in [5.41, 5.74) is 2.04. The number of likely N-dealkylation sites (N-methyl/N-ethyl adjacent to an activating group) is 1. The van der Waals surface area contributed by atoms with Crippen molar-refractivity contribution < 1.29 is 9.53 Å². The number of rotatable bonds is 7. The largest absolute Gasteiger partial charge is 0.496 e. The second-order valence-electron chi connectivity index (χ2n) is 5.91. The fraction of sp³-hybridized carbons (Fsp3) is 0.444. The number of guanidine groups is 1. The SMILES string of the molecule is C=C(C)CNC(=NCC(=O)N(C)C)N(C)Cc1ccccc1OC.I. The molecule has 1 aromatic rings. The third kappa shape index (κ3) is 8.24. The molecule has 0 bridgehead atoms. The fourth-order valence-electron chi connectivity index (χ4n) is 1.99. The topological polar surface area (TPSA) is 57.2 Å². The van der Waals surface area contributed by atoms with Gasteiger partial charge in [0.05, 0.1) is 7.11 Å². The molecule has 1 amide bonds. The molecular formula is C18H29IN4O2. The van der Waals surface area contributed by atoms with Crippen molar-refractivity contribution in [3.05, 3.63) is 42.0 Å². The number of benzene rings is 1. The number of hydrogen-bond acceptors (Lipinski definition) is 3. The van der Waals surface area contributed by atoms with Crippen molar-refractivity contribution >= 4 is 35.8 Å². The van der Waals surface area contributed by atoms with Crippen LogP contribution in [0.3, 0.4) is 0 Å². The number of nitrogens with one attached hydrogen (secondary N) is 1. The molecule has 25 heavy (non-hydrogen) atoms. The molecule has 0 aromatic heterocycles. The molecule has 7 heteroatoms. The Bertz CT molecular complexity index is 602. The van der Waals surface area contributed by atoms with E-state index in [0.717, 1.165) is 16.9 Å². The lowest BCUT2D eigenvalue weighted by molar-refractivity contribution is -0.127. The number of carbonyl (C=O) groups is 1. The van der Waals surface area contributed by atoms with Gasteiger partial charge in [-0.1, -0.05) is 30.4 Å². The number of para-hydroxylation sites is 1. The van der Waals surface area contributed by atoms with Gasteiger partial charge in [-0.25, -0.2) is 4.99 Å². The summed E-state index contributed by atoms with van der Waals surface area (Å²) in [6.45, 7) is 7.15. The van der Waals surface area contributed by atoms with Crippen LogP contribution in [0.2, 0.25) is 0 Å². The number of methoxy groups -OCH3 is 1. The van der Waals surface area contributed by atoms with Gasteiger partial charge in [0.2, 0.25) is 5.91 Å². The van der Waals surface area contributed by atoms with Crippen molar-refractivity contribution in [2.24, 2.45) is 4.99 Å². The second kappa shape index (κ2) is 11.7. The molecule has 0 saturated carbocycles. The predicted molar refractivity (Wildman–Crippen MR) is 114 cm³/mol. The van der Waals surface area contributed by atoms with Crippen molar-refractivity contribution in [3.8, 4) is 5.75 Å². The number of hydrogen-bond donors (Lipinski definition) is 1. The minimum absolute atomic E-state index is 0. The van der Waals surface area contributed by atoms with E-state index in [1.807, 2.05) is 43.1 Å². The van der Waals surface area contributed by atoms with Crippen molar-refractivity contribution in [3.63, 3.8) is 0 Å². The first kappa shape index (κ1) is 23.2. The van der Waals surface area contributed by atoms with Crippen LogP contribution in [0.5, 0.6) is 5.75 Å². The molecule has 0 spiro atoms. The molecule has 140 valence electrons. The number of carbonyl (C=O) groups excluding carboxylic acids is 1. The molecular weight excluding hydrogens is 431 g/mol. The highest BCUT2D eigenvalue weighted by Gasteiger charge is 2.11. The van der Waals surface area contributed by atoms with E-state index in [0.29, 0.717) is 19.0 Å². The molecule has 0 saturated heterocycles. The predicted octanol–water partition coefficient (Wildman–Crippen LogP) is 2.35. The van der Waals surface area contributed by atoms with Gasteiger partial charge in [0, 0.05) is 39.8 Å². The minimum Gasteiger partial charge on any atom is -0.496 e. The van der Waals surface area contributed by atoms with Crippen LogP contribution in [0.15, 0.2) is 41.4 Å². The Morgan fingerprint density at radius 1 is 1.28 bits per heavy atom. The van der Waals surface area contributed by atoms with Gasteiger partial charge in [0.1, 0.15) is 12.3 Å². The number of ether oxygens (including phenoxy) is 1. The maximum absolute atomic E-state index is 11.8. The standard InChI is InChI=1S/C18H28N4O2.HI/c1-14(2)11-19-18(20-12-17(23)21(3)4)22(5)13-15-9-7-8-10-16(15)24-6;/h7-10H,1,11-13H2,2-6H3,(H,19,20);1H. The number of halogens is 1. The lowest BCUT2D eigenvalue weighted by Crippen LogP contribution is -2.40. The van der Waals surface area contributed by atoms with Crippen molar-refractivity contribution in [2.45, 2.75) is 13.5 Å². The summed E-state index contributed by atoms with van der Waals surface area (Å²) in [4.78, 5) is 19.7. The Balaban J connectivity index is 0.00000576. The highest BCUT2D eigenvalue weighted by molar-refractivity contribution is 14.0. The maximum Gasteiger partial charge on any atom is 0.243 e. The van der Waals surface area contributed by atoms with E-state index in [9.17, 15) is 4.79 Å². The van der Waals surface area contributed by atoms with Gasteiger partial charge in [-0.15, -0.1) is 24.0 Å². The Morgan fingerprint density at radius 2 is 1.92 bits per heavy atom. The van der Waals surface area contributed by atoms with Crippen molar-refractivity contribution in [2.75, 3.05) is 41.3 Å². The lowest BCUT2D eigenvalue weighted by atomic mass is 10.2. The van der Waals surface area contributed by atoms with Gasteiger partial charge in [0.15, 0.2) is 5.96 Å². The van der Waals surface area contributed by atoms with Gasteiger partial charge in [-0.3, -0.25) is 4.79 Å². The van der Waals surface area contributed by atoms with Crippen LogP contribution in [0, 0.1) is 0 Å². The highest BCUT2D eigenvalue weighted by atomic mass is 127. The molecule has 0 aliphatic rings. The number of aliphatic imine (C=N–C) groups is 1. The Morgan fingerprint density at radius 3 is 2.48 bits per heavy atom. The van der Waals surface area contributed by atoms with E-state index < -0.39 is 0 Å². The van der Waals surface area contributed by atoms with Crippen LogP contribution in [0.1, 0.15) is 12.5 Å². The summed E-state index contributed by atoms with van der Waals surface area (Å²) in [6.07, 6.45) is 0. The second-order valence-corrected chi connectivity index (χ2v) is 5.91. The third-order valence-corrected chi connectivity index (χ3v) is 3.37. The molecule has 6 nitrogen and oxygen atoms in total. The zero-order valence-corrected chi connectivity index (χ0v) is 18.0. The molecule has 0 atom stereocenters. The van der Waals surface area contributed by atoms with E-state index in [4.69, 9.17) is 4.74 Å². The van der Waals surface area contributed by atoms with Crippen molar-refractivity contribution in [1.29, 1.82) is 0 Å². The van der Waals surface area contributed by atoms with Gasteiger partial charge in [0.25, 0.3) is 0 Å². The Labute approximate surface area is 168 Å². The third-order valence-electron chi connectivity index (χ3n) is 3.37. The van der Waals surface area contributed by atoms with E-state index >= 15 is 0 Å². The first-order chi connectivity index (χ1) is 11.3. The van der Waals surface area contributed by atoms with Gasteiger partial charge in [-0.2, -0.15) is 0 Å². The maximum atomic E-state index is 11.8. The van der Waals surface area contributed by atoms with Crippen LogP contribution in [0.4, 0.5) is 0 Å². The zero-order valence-electron chi connectivity index (χ0n) is 15.7. The molecule has 0 heterocycles. The minimum atomic E-state index is -0.0460. The normalized spacial score (nSPS) is 10.5. The molecule has 1 N–H and O–H groups in total. The first-order valence-corrected chi connectivity index (χ1v) is 7.81. The van der Waals surface area contributed by atoms with Crippen LogP contribution >= 0.6 is 24.0 Å². The van der Waals surface area contributed by atoms with Gasteiger partial charge >= 0.3 is 0 Å². The van der Waals surface area contributed by atoms with E-state index in [1.165, 1.54) is 4.90 Å². The van der Waals surface area contributed by atoms with Crippen LogP contribution in [-0.2, 0) is 11.3 Å². The Kier molecular flexibility index (Phi) is 10.9. The molecule has 0 fully saturated rings. The van der Waals surface area contributed by atoms with Gasteiger partial charge < -0.3 is 19.9 Å². The number of amides is 1. The van der Waals surface area contributed by atoms with Crippen LogP contribution < -0.4 is 10.1 Å². The summed E-state index contributed by atoms with van der Waals surface area (Å²) in [6, 6.07) is 7.85. The zero-order chi connectivity index (χ0) is 18.1. The molecule has 1 rings (SSSR count). The quantitative estimate of drug-likeness (QED) is 0.294. The molecule has 0 unspecified atom stereocenters. The van der Waals surface area contributed by atoms with Crippen LogP contribution in [0.25, 0.3) is 0 Å². The summed E-state index contributed by atoms with van der Waals surface area (Å²) in [5.74, 6) is 1.43. The van der Waals surface area contributed by atoms with E-state index in [2.05, 4.69) is 16.9 Å². The average molecular weight is 460 g/mol. The smallest absolute Gasteiger partial charge is 0.243 e. The van der Waals surface area contributed by atoms with E-state index in [1.54, 1.807) is 21.2 Å². The first-order valence-electron chi connectivity index (χ1n) is 7.81. The Hall–Kier alpha value is -1.77. The average Bonchev–Trinajstić information content (AvgIpc) is 2.54. The highest BCUT2D eigenvalue weighted by Crippen LogP contribution is 2.18. The van der Waals surface area contributed by atoms with Crippen molar-refractivity contribution in [1.82, 2.24) is 15.1 Å². The molecule has 0 aliphatic carbocycles. The molecule has 0 aliphatic heterocycles.